The summed E-state index contributed by atoms with van der Waals surface area (Å²) in [7, 11) is 10.4. The van der Waals surface area contributed by atoms with Crippen molar-refractivity contribution in [3.05, 3.63) is 46.0 Å². The first kappa shape index (κ1) is 25.5. The molecule has 26 heavy (non-hydrogen) atoms. The van der Waals surface area contributed by atoms with Crippen molar-refractivity contribution in [3.8, 4) is 11.5 Å². The molecule has 1 N–H and O–H groups in total. The maximum absolute atomic E-state index is 9.09. The van der Waals surface area contributed by atoms with Crippen LogP contribution >= 0.6 is 56.2 Å². The molecule has 2 aromatic rings. The van der Waals surface area contributed by atoms with Crippen LogP contribution in [0.5, 0.6) is 11.5 Å². The van der Waals surface area contributed by atoms with Gasteiger partial charge >= 0.3 is 0 Å². The van der Waals surface area contributed by atoms with Crippen LogP contribution in [0.25, 0.3) is 0 Å². The molecule has 146 valence electrons. The maximum Gasteiger partial charge on any atom is 0.211 e. The van der Waals surface area contributed by atoms with Crippen LogP contribution in [0.15, 0.2) is 24.5 Å². The number of hydrogen-bond acceptors (Lipinski definition) is 6. The van der Waals surface area contributed by atoms with Gasteiger partial charge in [-0.2, -0.15) is 0 Å². The summed E-state index contributed by atoms with van der Waals surface area (Å²) in [5, 5.41) is 9.38. The molecule has 2 rings (SSSR count). The average Bonchev–Trinajstić information content (AvgIpc) is 2.62. The zero-order valence-corrected chi connectivity index (χ0v) is 18.2. The van der Waals surface area contributed by atoms with Crippen molar-refractivity contribution in [3.63, 3.8) is 0 Å². The molecule has 0 saturated carbocycles. The molecule has 0 aromatic carbocycles. The van der Waals surface area contributed by atoms with E-state index >= 15 is 0 Å². The van der Waals surface area contributed by atoms with E-state index in [0.717, 1.165) is 5.56 Å². The minimum Gasteiger partial charge on any atom is -0.494 e. The van der Waals surface area contributed by atoms with Crippen LogP contribution in [-0.4, -0.2) is 33.5 Å². The number of pyridine rings is 2. The summed E-state index contributed by atoms with van der Waals surface area (Å²) in [6.07, 6.45) is 3.13. The molecule has 0 aliphatic rings. The minimum atomic E-state index is -1.67. The quantitative estimate of drug-likeness (QED) is 0.383. The first-order valence-corrected chi connectivity index (χ1v) is 10.7. The van der Waals surface area contributed by atoms with Gasteiger partial charge in [-0.15, -0.1) is 11.6 Å². The Kier molecular flexibility index (Phi) is 14.2. The molecule has 12 heteroatoms. The van der Waals surface area contributed by atoms with E-state index in [0.29, 0.717) is 33.2 Å². The SMILES string of the molecule is COc1cc(CCl)cnc1Cl.COc1cc(CO)cnc1Cl.O=S(Cl)Cl. The van der Waals surface area contributed by atoms with Gasteiger partial charge in [-0.3, -0.25) is 0 Å². The van der Waals surface area contributed by atoms with Crippen molar-refractivity contribution < 1.29 is 18.8 Å². The van der Waals surface area contributed by atoms with Crippen molar-refractivity contribution in [1.29, 1.82) is 0 Å². The van der Waals surface area contributed by atoms with E-state index in [9.17, 15) is 0 Å². The van der Waals surface area contributed by atoms with Gasteiger partial charge in [0.05, 0.1) is 20.8 Å². The first-order chi connectivity index (χ1) is 12.3. The van der Waals surface area contributed by atoms with Crippen molar-refractivity contribution in [1.82, 2.24) is 9.97 Å². The van der Waals surface area contributed by atoms with Crippen molar-refractivity contribution in [2.45, 2.75) is 12.5 Å². The van der Waals surface area contributed by atoms with Gasteiger partial charge in [-0.05, 0) is 23.3 Å². The lowest BCUT2D eigenvalue weighted by Crippen LogP contribution is -1.90. The summed E-state index contributed by atoms with van der Waals surface area (Å²) in [5.41, 5.74) is 1.58. The fourth-order valence-electron chi connectivity index (χ4n) is 1.38. The summed E-state index contributed by atoms with van der Waals surface area (Å²) < 4.78 is 18.9. The lowest BCUT2D eigenvalue weighted by atomic mass is 10.3. The smallest absolute Gasteiger partial charge is 0.211 e. The average molecular weight is 485 g/mol. The van der Waals surface area contributed by atoms with Gasteiger partial charge in [0.15, 0.2) is 21.8 Å². The zero-order chi connectivity index (χ0) is 20.1. The topological polar surface area (TPSA) is 81.5 Å². The second kappa shape index (κ2) is 14.5. The number of aliphatic hydroxyl groups excluding tert-OH is 1. The highest BCUT2D eigenvalue weighted by molar-refractivity contribution is 8.26. The largest absolute Gasteiger partial charge is 0.494 e. The van der Waals surface area contributed by atoms with E-state index in [4.69, 9.17) is 53.6 Å². The Hall–Kier alpha value is -0.540. The molecule has 0 unspecified atom stereocenters. The summed E-state index contributed by atoms with van der Waals surface area (Å²) in [5.74, 6) is 1.46. The Morgan fingerprint density at radius 2 is 1.38 bits per heavy atom. The number of methoxy groups -OCH3 is 2. The minimum absolute atomic E-state index is 0.0550. The molecule has 0 bridgehead atoms. The highest BCUT2D eigenvalue weighted by Gasteiger charge is 2.02. The number of aromatic nitrogens is 2. The molecule has 2 aromatic heterocycles. The molecular weight excluding hydrogens is 469 g/mol. The third-order valence-electron chi connectivity index (χ3n) is 2.50. The van der Waals surface area contributed by atoms with Crippen LogP contribution in [0.2, 0.25) is 10.3 Å². The van der Waals surface area contributed by atoms with Gasteiger partial charge in [0, 0.05) is 39.6 Å². The molecule has 0 saturated heterocycles. The Balaban J connectivity index is 0.000000401. The Morgan fingerprint density at radius 3 is 1.73 bits per heavy atom. The standard InChI is InChI=1S/C7H7Cl2NO.C7H8ClNO2.Cl2OS/c1-11-6-2-5(3-8)4-10-7(6)9;1-11-6-2-5(4-10)3-9-7(6)8;1-4(2)3/h2,4H,3H2,1H3;2-3,10H,4H2,1H3;. The number of aliphatic hydroxyl groups is 1. The van der Waals surface area contributed by atoms with Crippen molar-refractivity contribution >= 4 is 65.4 Å². The number of hydrogen-bond donors (Lipinski definition) is 1. The van der Waals surface area contributed by atoms with E-state index in [1.54, 1.807) is 25.4 Å². The van der Waals surface area contributed by atoms with Gasteiger partial charge < -0.3 is 14.6 Å². The Bertz CT molecular complexity index is 652. The lowest BCUT2D eigenvalue weighted by molar-refractivity contribution is 0.280. The zero-order valence-electron chi connectivity index (χ0n) is 13.6. The van der Waals surface area contributed by atoms with Gasteiger partial charge in [0.1, 0.15) is 0 Å². The molecule has 2 heterocycles. The summed E-state index contributed by atoms with van der Waals surface area (Å²) >= 11 is 16.9. The maximum atomic E-state index is 9.09. The third-order valence-corrected chi connectivity index (χ3v) is 3.38. The van der Waals surface area contributed by atoms with Crippen LogP contribution in [0.4, 0.5) is 0 Å². The van der Waals surface area contributed by atoms with E-state index < -0.39 is 9.23 Å². The van der Waals surface area contributed by atoms with Gasteiger partial charge in [0.25, 0.3) is 0 Å². The van der Waals surface area contributed by atoms with Crippen LogP contribution < -0.4 is 9.47 Å². The van der Waals surface area contributed by atoms with E-state index in [2.05, 4.69) is 31.3 Å². The molecule has 6 nitrogen and oxygen atoms in total. The molecule has 0 spiro atoms. The number of nitrogens with zero attached hydrogens (tertiary/aromatic N) is 2. The van der Waals surface area contributed by atoms with Crippen LogP contribution in [-0.2, 0) is 21.7 Å². The van der Waals surface area contributed by atoms with Crippen LogP contribution in [0.1, 0.15) is 11.1 Å². The first-order valence-electron chi connectivity index (χ1n) is 6.56. The fraction of sp³-hybridized carbons (Fsp3) is 0.286. The lowest BCUT2D eigenvalue weighted by Gasteiger charge is -2.02. The van der Waals surface area contributed by atoms with E-state index in [1.165, 1.54) is 13.3 Å². The molecule has 0 radical (unpaired) electrons. The van der Waals surface area contributed by atoms with E-state index in [1.807, 2.05) is 0 Å². The van der Waals surface area contributed by atoms with Crippen LogP contribution in [0, 0.1) is 0 Å². The monoisotopic (exact) mass is 482 g/mol. The number of ether oxygens (including phenoxy) is 2. The van der Waals surface area contributed by atoms with E-state index in [-0.39, 0.29) is 6.61 Å². The summed E-state index contributed by atoms with van der Waals surface area (Å²) in [4.78, 5) is 7.68. The van der Waals surface area contributed by atoms with Crippen molar-refractivity contribution in [2.75, 3.05) is 14.2 Å². The summed E-state index contributed by atoms with van der Waals surface area (Å²) in [6, 6.07) is 3.41. The van der Waals surface area contributed by atoms with Crippen molar-refractivity contribution in [2.24, 2.45) is 0 Å². The molecule has 0 aliphatic heterocycles. The second-order valence-corrected chi connectivity index (χ2v) is 7.66. The van der Waals surface area contributed by atoms with Gasteiger partial charge in [-0.1, -0.05) is 23.2 Å². The number of rotatable bonds is 4. The Morgan fingerprint density at radius 1 is 1.00 bits per heavy atom. The molecular formula is C14H15Cl5N2O4S. The molecule has 0 amide bonds. The Labute approximate surface area is 177 Å². The number of alkyl halides is 1. The second-order valence-electron chi connectivity index (χ2n) is 4.15. The van der Waals surface area contributed by atoms with Gasteiger partial charge in [-0.25, -0.2) is 14.2 Å². The predicted molar refractivity (Wildman–Crippen MR) is 107 cm³/mol. The van der Waals surface area contributed by atoms with Crippen LogP contribution in [0.3, 0.4) is 0 Å². The number of halogens is 5. The normalized spacial score (nSPS) is 9.58. The molecule has 0 aliphatic carbocycles. The predicted octanol–water partition coefficient (Wildman–Crippen LogP) is 4.76. The third kappa shape index (κ3) is 10.6. The summed E-state index contributed by atoms with van der Waals surface area (Å²) in [6.45, 7) is -0.0550. The fourth-order valence-corrected chi connectivity index (χ4v) is 1.89. The molecule has 0 atom stereocenters. The molecule has 0 fully saturated rings. The van der Waals surface area contributed by atoms with Gasteiger partial charge in [0.2, 0.25) is 9.23 Å². The highest BCUT2D eigenvalue weighted by Crippen LogP contribution is 2.23. The highest BCUT2D eigenvalue weighted by atomic mass is 36.0.